The van der Waals surface area contributed by atoms with Gasteiger partial charge in [-0.3, -0.25) is 14.4 Å². The van der Waals surface area contributed by atoms with Crippen molar-refractivity contribution in [2.45, 2.75) is 17.3 Å². The Kier molecular flexibility index (Phi) is 6.32. The number of hydrogen-bond acceptors (Lipinski definition) is 9. The van der Waals surface area contributed by atoms with E-state index in [1.807, 2.05) is 0 Å². The SMILES string of the molecule is NS(=O)(=O)c1ccc(CNC(=O)c2c[nH]c3c(C(=O)NCc4ccc5c(c4)NC(=O)CO5)ncnc23)s1. The lowest BCUT2D eigenvalue weighted by Gasteiger charge is -2.18. The van der Waals surface area contributed by atoms with Crippen molar-refractivity contribution >= 4 is 55.8 Å². The molecule has 0 unspecified atom stereocenters. The first kappa shape index (κ1) is 24.4. The fourth-order valence-electron chi connectivity index (χ4n) is 3.66. The highest BCUT2D eigenvalue weighted by Gasteiger charge is 2.21. The van der Waals surface area contributed by atoms with Gasteiger partial charge in [-0.1, -0.05) is 6.07 Å². The summed E-state index contributed by atoms with van der Waals surface area (Å²) < 4.78 is 28.2. The van der Waals surface area contributed by atoms with E-state index in [1.54, 1.807) is 24.3 Å². The number of amides is 3. The second-order valence-corrected chi connectivity index (χ2v) is 10.9. The summed E-state index contributed by atoms with van der Waals surface area (Å²) in [6.45, 7) is 0.190. The van der Waals surface area contributed by atoms with Crippen molar-refractivity contribution in [2.24, 2.45) is 5.14 Å². The van der Waals surface area contributed by atoms with E-state index in [4.69, 9.17) is 9.88 Å². The Morgan fingerprint density at radius 3 is 2.70 bits per heavy atom. The lowest BCUT2D eigenvalue weighted by Crippen LogP contribution is -2.26. The predicted molar refractivity (Wildman–Crippen MR) is 132 cm³/mol. The van der Waals surface area contributed by atoms with Crippen molar-refractivity contribution in [3.05, 3.63) is 64.6 Å². The molecule has 1 aliphatic heterocycles. The Labute approximate surface area is 213 Å². The molecule has 0 saturated carbocycles. The van der Waals surface area contributed by atoms with Crippen LogP contribution in [0.1, 0.15) is 31.3 Å². The molecule has 190 valence electrons. The highest BCUT2D eigenvalue weighted by atomic mass is 32.2. The number of primary sulfonamides is 1. The quantitative estimate of drug-likeness (QED) is 0.227. The summed E-state index contributed by atoms with van der Waals surface area (Å²) in [5.41, 5.74) is 2.03. The number of fused-ring (bicyclic) bond motifs is 2. The van der Waals surface area contributed by atoms with E-state index >= 15 is 0 Å². The lowest BCUT2D eigenvalue weighted by molar-refractivity contribution is -0.118. The molecular weight excluding hydrogens is 522 g/mol. The molecule has 0 fully saturated rings. The van der Waals surface area contributed by atoms with Gasteiger partial charge >= 0.3 is 0 Å². The number of hydrogen-bond donors (Lipinski definition) is 5. The maximum absolute atomic E-state index is 12.9. The van der Waals surface area contributed by atoms with Gasteiger partial charge in [0.1, 0.15) is 21.8 Å². The minimum Gasteiger partial charge on any atom is -0.482 e. The van der Waals surface area contributed by atoms with Crippen LogP contribution in [0.4, 0.5) is 5.69 Å². The Balaban J connectivity index is 1.27. The van der Waals surface area contributed by atoms with Gasteiger partial charge in [0.25, 0.3) is 17.7 Å². The number of benzene rings is 1. The smallest absolute Gasteiger partial charge is 0.272 e. The van der Waals surface area contributed by atoms with Crippen LogP contribution in [0.2, 0.25) is 0 Å². The van der Waals surface area contributed by atoms with Crippen molar-refractivity contribution in [3.8, 4) is 5.75 Å². The van der Waals surface area contributed by atoms with Crippen LogP contribution in [0.25, 0.3) is 11.0 Å². The van der Waals surface area contributed by atoms with Crippen LogP contribution in [0, 0.1) is 0 Å². The monoisotopic (exact) mass is 541 g/mol. The summed E-state index contributed by atoms with van der Waals surface area (Å²) in [6, 6.07) is 8.12. The Bertz CT molecular complexity index is 1660. The number of aromatic nitrogens is 3. The molecule has 3 amide bonds. The average Bonchev–Trinajstić information content (AvgIpc) is 3.53. The molecule has 0 saturated heterocycles. The first-order valence-corrected chi connectivity index (χ1v) is 13.1. The van der Waals surface area contributed by atoms with Gasteiger partial charge in [-0.15, -0.1) is 11.3 Å². The molecule has 6 N–H and O–H groups in total. The van der Waals surface area contributed by atoms with Crippen molar-refractivity contribution < 1.29 is 27.5 Å². The molecule has 5 rings (SSSR count). The van der Waals surface area contributed by atoms with Crippen LogP contribution >= 0.6 is 11.3 Å². The maximum atomic E-state index is 12.9. The first-order chi connectivity index (χ1) is 17.7. The lowest BCUT2D eigenvalue weighted by atomic mass is 10.1. The third kappa shape index (κ3) is 5.13. The number of carbonyl (C=O) groups is 3. The third-order valence-electron chi connectivity index (χ3n) is 5.39. The molecule has 13 nitrogen and oxygen atoms in total. The number of nitrogens with zero attached hydrogens (tertiary/aromatic N) is 2. The van der Waals surface area contributed by atoms with Crippen molar-refractivity contribution in [1.82, 2.24) is 25.6 Å². The number of sulfonamides is 1. The standard InChI is InChI=1S/C22H19N7O6S2/c23-37(33,34)17-4-2-12(36-17)7-26-21(31)13-8-24-19-18(13)27-10-28-20(19)22(32)25-6-11-1-3-15-14(5-11)29-16(30)9-35-15/h1-5,8,10,24H,6-7,9H2,(H,25,32)(H,26,31)(H,29,30)(H2,23,33,34). The molecule has 4 heterocycles. The van der Waals surface area contributed by atoms with Crippen LogP contribution in [0.5, 0.6) is 5.75 Å². The highest BCUT2D eigenvalue weighted by molar-refractivity contribution is 7.91. The molecule has 0 atom stereocenters. The van der Waals surface area contributed by atoms with E-state index in [-0.39, 0.29) is 52.1 Å². The number of ether oxygens (including phenoxy) is 1. The van der Waals surface area contributed by atoms with Gasteiger partial charge < -0.3 is 25.7 Å². The van der Waals surface area contributed by atoms with Crippen molar-refractivity contribution in [2.75, 3.05) is 11.9 Å². The van der Waals surface area contributed by atoms with Gasteiger partial charge in [-0.2, -0.15) is 0 Å². The van der Waals surface area contributed by atoms with Gasteiger partial charge in [0.15, 0.2) is 12.3 Å². The summed E-state index contributed by atoms with van der Waals surface area (Å²) in [6.07, 6.45) is 2.60. The van der Waals surface area contributed by atoms with Crippen LogP contribution in [-0.4, -0.2) is 47.7 Å². The molecule has 0 radical (unpaired) electrons. The van der Waals surface area contributed by atoms with Crippen LogP contribution in [0.3, 0.4) is 0 Å². The Hall–Kier alpha value is -4.34. The number of rotatable bonds is 7. The number of aromatic amines is 1. The van der Waals surface area contributed by atoms with E-state index in [9.17, 15) is 22.8 Å². The van der Waals surface area contributed by atoms with Crippen LogP contribution in [0.15, 0.2) is 47.1 Å². The Morgan fingerprint density at radius 2 is 1.92 bits per heavy atom. The minimum atomic E-state index is -3.81. The zero-order valence-electron chi connectivity index (χ0n) is 18.9. The van der Waals surface area contributed by atoms with E-state index in [2.05, 4.69) is 30.9 Å². The predicted octanol–water partition coefficient (Wildman–Crippen LogP) is 0.858. The molecular formula is C22H19N7O6S2. The van der Waals surface area contributed by atoms with E-state index < -0.39 is 21.8 Å². The number of nitrogens with two attached hydrogens (primary N) is 1. The van der Waals surface area contributed by atoms with Gasteiger partial charge in [0.2, 0.25) is 10.0 Å². The molecule has 1 aromatic carbocycles. The second-order valence-electron chi connectivity index (χ2n) is 7.95. The van der Waals surface area contributed by atoms with Crippen LogP contribution in [-0.2, 0) is 27.9 Å². The van der Waals surface area contributed by atoms with E-state index in [1.165, 1.54) is 18.6 Å². The summed E-state index contributed by atoms with van der Waals surface area (Å²) in [5, 5.41) is 13.3. The van der Waals surface area contributed by atoms with Gasteiger partial charge in [-0.05, 0) is 29.8 Å². The number of H-pyrrole nitrogens is 1. The van der Waals surface area contributed by atoms with Gasteiger partial charge in [-0.25, -0.2) is 23.5 Å². The van der Waals surface area contributed by atoms with Crippen molar-refractivity contribution in [3.63, 3.8) is 0 Å². The molecule has 4 aromatic rings. The van der Waals surface area contributed by atoms with Crippen LogP contribution < -0.4 is 25.8 Å². The summed E-state index contributed by atoms with van der Waals surface area (Å²) in [7, 11) is -3.81. The number of thiophene rings is 1. The van der Waals surface area contributed by atoms with E-state index in [0.29, 0.717) is 16.3 Å². The average molecular weight is 542 g/mol. The second kappa shape index (κ2) is 9.61. The molecule has 1 aliphatic rings. The Morgan fingerprint density at radius 1 is 1.11 bits per heavy atom. The fourth-order valence-corrected chi connectivity index (χ4v) is 5.38. The first-order valence-electron chi connectivity index (χ1n) is 10.7. The topological polar surface area (TPSA) is 198 Å². The molecule has 3 aromatic heterocycles. The normalized spacial score (nSPS) is 12.9. The van der Waals surface area contributed by atoms with E-state index in [0.717, 1.165) is 16.9 Å². The minimum absolute atomic E-state index is 0.000658. The van der Waals surface area contributed by atoms with Crippen molar-refractivity contribution in [1.29, 1.82) is 0 Å². The molecule has 0 spiro atoms. The summed E-state index contributed by atoms with van der Waals surface area (Å²) >= 11 is 0.959. The fraction of sp³-hybridized carbons (Fsp3) is 0.136. The zero-order valence-corrected chi connectivity index (χ0v) is 20.5. The zero-order chi connectivity index (χ0) is 26.2. The number of anilines is 1. The molecule has 0 aliphatic carbocycles. The maximum Gasteiger partial charge on any atom is 0.272 e. The highest BCUT2D eigenvalue weighted by Crippen LogP contribution is 2.28. The molecule has 15 heteroatoms. The third-order valence-corrected chi connectivity index (χ3v) is 7.92. The largest absolute Gasteiger partial charge is 0.482 e. The van der Waals surface area contributed by atoms with Gasteiger partial charge in [0, 0.05) is 17.6 Å². The summed E-state index contributed by atoms with van der Waals surface area (Å²) in [5.74, 6) is -0.672. The van der Waals surface area contributed by atoms with Gasteiger partial charge in [0.05, 0.1) is 23.3 Å². The number of carbonyl (C=O) groups excluding carboxylic acids is 3. The molecule has 37 heavy (non-hydrogen) atoms. The summed E-state index contributed by atoms with van der Waals surface area (Å²) in [4.78, 5) is 48.8. The number of nitrogens with one attached hydrogen (secondary N) is 4. The molecule has 0 bridgehead atoms.